The lowest BCUT2D eigenvalue weighted by Gasteiger charge is -2.19. The minimum Gasteiger partial charge on any atom is -0.150 e. The van der Waals surface area contributed by atoms with E-state index < -0.39 is 0 Å². The summed E-state index contributed by atoms with van der Waals surface area (Å²) in [5.74, 6) is 0. The Labute approximate surface area is 123 Å². The molecular weight excluding hydrogens is 270 g/mol. The van der Waals surface area contributed by atoms with E-state index in [2.05, 4.69) is 25.1 Å². The lowest BCUT2D eigenvalue weighted by Crippen LogP contribution is -2.12. The van der Waals surface area contributed by atoms with Crippen molar-refractivity contribution in [2.24, 2.45) is 5.18 Å². The summed E-state index contributed by atoms with van der Waals surface area (Å²) in [6.45, 7) is 4.33. The van der Waals surface area contributed by atoms with Gasteiger partial charge in [-0.2, -0.15) is 4.91 Å². The molecule has 20 heavy (non-hydrogen) atoms. The van der Waals surface area contributed by atoms with Crippen LogP contribution in [0.25, 0.3) is 11.1 Å². The molecule has 0 aromatic heterocycles. The van der Waals surface area contributed by atoms with Gasteiger partial charge in [0.2, 0.25) is 0 Å². The van der Waals surface area contributed by atoms with E-state index in [1.54, 1.807) is 0 Å². The second-order valence-corrected chi connectivity index (χ2v) is 6.46. The number of hydrogen-bond acceptors (Lipinski definition) is 2. The Hall–Kier alpha value is -1.67. The fourth-order valence-corrected chi connectivity index (χ4v) is 3.27. The zero-order valence-corrected chi connectivity index (χ0v) is 12.3. The Bertz CT molecular complexity index is 678. The Morgan fingerprint density at radius 3 is 2.60 bits per heavy atom. The van der Waals surface area contributed by atoms with Crippen LogP contribution in [0.5, 0.6) is 0 Å². The number of rotatable bonds is 2. The van der Waals surface area contributed by atoms with Gasteiger partial charge in [-0.15, -0.1) is 0 Å². The van der Waals surface area contributed by atoms with Crippen LogP contribution in [0.2, 0.25) is 5.02 Å². The number of nitroso groups, excluding NO2 is 1. The van der Waals surface area contributed by atoms with Crippen LogP contribution < -0.4 is 0 Å². The molecule has 0 radical (unpaired) electrons. The van der Waals surface area contributed by atoms with Crippen LogP contribution in [-0.4, -0.2) is 0 Å². The van der Waals surface area contributed by atoms with Gasteiger partial charge < -0.3 is 0 Å². The highest BCUT2D eigenvalue weighted by molar-refractivity contribution is 6.30. The smallest absolute Gasteiger partial charge is 0.118 e. The molecule has 1 aliphatic carbocycles. The monoisotopic (exact) mass is 285 g/mol. The van der Waals surface area contributed by atoms with Gasteiger partial charge >= 0.3 is 0 Å². The van der Waals surface area contributed by atoms with Crippen molar-refractivity contribution in [3.63, 3.8) is 0 Å². The maximum absolute atomic E-state index is 11.0. The molecule has 3 heteroatoms. The van der Waals surface area contributed by atoms with Crippen molar-refractivity contribution < 1.29 is 0 Å². The molecule has 1 aliphatic rings. The largest absolute Gasteiger partial charge is 0.150 e. The molecule has 0 amide bonds. The Balaban J connectivity index is 2.12. The number of hydrogen-bond donors (Lipinski definition) is 0. The summed E-state index contributed by atoms with van der Waals surface area (Å²) in [5, 5.41) is 4.00. The van der Waals surface area contributed by atoms with Crippen LogP contribution in [0.1, 0.15) is 37.4 Å². The molecule has 102 valence electrons. The standard InChI is InChI=1S/C17H16ClNO/c1-17(2)10-16(19-20)14-7-6-12(9-15(14)17)11-4-3-5-13(18)8-11/h3-9,16H,10H2,1-2H3. The van der Waals surface area contributed by atoms with Crippen molar-refractivity contribution in [3.05, 3.63) is 63.5 Å². The minimum absolute atomic E-state index is 0.0114. The fourth-order valence-electron chi connectivity index (χ4n) is 3.08. The molecular formula is C17H16ClNO. The lowest BCUT2D eigenvalue weighted by molar-refractivity contribution is 0.481. The van der Waals surface area contributed by atoms with Crippen molar-refractivity contribution >= 4 is 11.6 Å². The molecule has 0 saturated heterocycles. The summed E-state index contributed by atoms with van der Waals surface area (Å²) in [5.41, 5.74) is 4.50. The highest BCUT2D eigenvalue weighted by Gasteiger charge is 2.37. The first kappa shape index (κ1) is 13.3. The van der Waals surface area contributed by atoms with Crippen LogP contribution in [0, 0.1) is 4.91 Å². The molecule has 0 saturated carbocycles. The number of nitrogens with zero attached hydrogens (tertiary/aromatic N) is 1. The molecule has 2 aromatic rings. The van der Waals surface area contributed by atoms with Gasteiger partial charge in [-0.25, -0.2) is 0 Å². The molecule has 0 fully saturated rings. The molecule has 1 unspecified atom stereocenters. The van der Waals surface area contributed by atoms with Crippen LogP contribution in [0.3, 0.4) is 0 Å². The third-order valence-corrected chi connectivity index (χ3v) is 4.37. The average molecular weight is 286 g/mol. The average Bonchev–Trinajstić information content (AvgIpc) is 2.70. The number of benzene rings is 2. The topological polar surface area (TPSA) is 29.4 Å². The zero-order chi connectivity index (χ0) is 14.3. The van der Waals surface area contributed by atoms with Crippen molar-refractivity contribution in [2.75, 3.05) is 0 Å². The van der Waals surface area contributed by atoms with Gasteiger partial charge in [-0.05, 0) is 46.2 Å². The molecule has 2 nitrogen and oxygen atoms in total. The maximum Gasteiger partial charge on any atom is 0.118 e. The fraction of sp³-hybridized carbons (Fsp3) is 0.294. The summed E-state index contributed by atoms with van der Waals surface area (Å²) >= 11 is 6.06. The van der Waals surface area contributed by atoms with Gasteiger partial charge in [0.1, 0.15) is 6.04 Å². The van der Waals surface area contributed by atoms with E-state index in [1.807, 2.05) is 36.4 Å². The minimum atomic E-state index is -0.214. The third kappa shape index (κ3) is 2.14. The SMILES string of the molecule is CC1(C)CC(N=O)c2ccc(-c3cccc(Cl)c3)cc21. The Morgan fingerprint density at radius 1 is 1.15 bits per heavy atom. The van der Waals surface area contributed by atoms with Crippen molar-refractivity contribution in [2.45, 2.75) is 31.7 Å². The van der Waals surface area contributed by atoms with Gasteiger partial charge in [0.15, 0.2) is 0 Å². The summed E-state index contributed by atoms with van der Waals surface area (Å²) in [6, 6.07) is 13.9. The van der Waals surface area contributed by atoms with E-state index in [0.29, 0.717) is 0 Å². The molecule has 0 spiro atoms. The maximum atomic E-state index is 11.0. The zero-order valence-electron chi connectivity index (χ0n) is 11.6. The second kappa shape index (κ2) is 4.71. The van der Waals surface area contributed by atoms with Crippen molar-refractivity contribution in [3.8, 4) is 11.1 Å². The summed E-state index contributed by atoms with van der Waals surface area (Å²) in [6.07, 6.45) is 0.783. The quantitative estimate of drug-likeness (QED) is 0.670. The molecule has 1 atom stereocenters. The van der Waals surface area contributed by atoms with Crippen molar-refractivity contribution in [1.29, 1.82) is 0 Å². The molecule has 0 bridgehead atoms. The van der Waals surface area contributed by atoms with Gasteiger partial charge in [-0.1, -0.05) is 61.0 Å². The second-order valence-electron chi connectivity index (χ2n) is 6.02. The number of fused-ring (bicyclic) bond motifs is 1. The highest BCUT2D eigenvalue weighted by atomic mass is 35.5. The molecule has 2 aromatic carbocycles. The third-order valence-electron chi connectivity index (χ3n) is 4.13. The molecule has 0 aliphatic heterocycles. The van der Waals surface area contributed by atoms with E-state index in [4.69, 9.17) is 11.6 Å². The van der Waals surface area contributed by atoms with Crippen LogP contribution in [0.4, 0.5) is 0 Å². The molecule has 0 N–H and O–H groups in total. The summed E-state index contributed by atoms with van der Waals surface area (Å²) in [7, 11) is 0. The Morgan fingerprint density at radius 2 is 1.90 bits per heavy atom. The van der Waals surface area contributed by atoms with E-state index in [9.17, 15) is 4.91 Å². The molecule has 0 heterocycles. The molecule has 3 rings (SSSR count). The number of halogens is 1. The van der Waals surface area contributed by atoms with Gasteiger partial charge in [-0.3, -0.25) is 0 Å². The van der Waals surface area contributed by atoms with E-state index >= 15 is 0 Å². The van der Waals surface area contributed by atoms with Crippen molar-refractivity contribution in [1.82, 2.24) is 0 Å². The lowest BCUT2D eigenvalue weighted by atomic mass is 9.85. The normalized spacial score (nSPS) is 19.6. The van der Waals surface area contributed by atoms with E-state index in [0.717, 1.165) is 28.1 Å². The first-order valence-electron chi connectivity index (χ1n) is 6.74. The predicted octanol–water partition coefficient (Wildman–Crippen LogP) is 5.50. The first-order chi connectivity index (χ1) is 9.51. The van der Waals surface area contributed by atoms with Gasteiger partial charge in [0.05, 0.1) is 0 Å². The highest BCUT2D eigenvalue weighted by Crippen LogP contribution is 2.47. The van der Waals surface area contributed by atoms with E-state index in [1.165, 1.54) is 5.56 Å². The van der Waals surface area contributed by atoms with E-state index in [-0.39, 0.29) is 11.5 Å². The summed E-state index contributed by atoms with van der Waals surface area (Å²) < 4.78 is 0. The van der Waals surface area contributed by atoms with Gasteiger partial charge in [0, 0.05) is 5.02 Å². The van der Waals surface area contributed by atoms with Crippen LogP contribution in [-0.2, 0) is 5.41 Å². The summed E-state index contributed by atoms with van der Waals surface area (Å²) in [4.78, 5) is 11.0. The van der Waals surface area contributed by atoms with Gasteiger partial charge in [0.25, 0.3) is 0 Å². The Kier molecular flexibility index (Phi) is 3.14. The van der Waals surface area contributed by atoms with Crippen LogP contribution >= 0.6 is 11.6 Å². The predicted molar refractivity (Wildman–Crippen MR) is 83.1 cm³/mol. The first-order valence-corrected chi connectivity index (χ1v) is 7.12. The van der Waals surface area contributed by atoms with Crippen LogP contribution in [0.15, 0.2) is 47.6 Å².